The standard InChI is InChI=1S/C15H15F3N2O3S2/c16-15(17,18)12-3-1-10(2-4-12)8-24-14-20-19-13(23-14)7-11-5-6-25(21,22)9-11/h1-4,11H,5-9H2/t11-/m0/s1. The van der Waals surface area contributed by atoms with Gasteiger partial charge in [-0.15, -0.1) is 10.2 Å². The van der Waals surface area contributed by atoms with E-state index in [4.69, 9.17) is 4.42 Å². The molecular weight excluding hydrogens is 377 g/mol. The number of nitrogens with zero attached hydrogens (tertiary/aromatic N) is 2. The van der Waals surface area contributed by atoms with Crippen molar-refractivity contribution in [2.75, 3.05) is 11.5 Å². The first-order valence-electron chi connectivity index (χ1n) is 7.53. The Morgan fingerprint density at radius 1 is 1.20 bits per heavy atom. The molecule has 1 atom stereocenters. The molecule has 1 fully saturated rings. The van der Waals surface area contributed by atoms with Crippen molar-refractivity contribution < 1.29 is 26.0 Å². The Labute approximate surface area is 146 Å². The van der Waals surface area contributed by atoms with Crippen LogP contribution in [0.15, 0.2) is 33.9 Å². The van der Waals surface area contributed by atoms with E-state index in [0.717, 1.165) is 12.1 Å². The molecule has 1 aliphatic rings. The first kappa shape index (κ1) is 18.2. The summed E-state index contributed by atoms with van der Waals surface area (Å²) >= 11 is 1.23. The van der Waals surface area contributed by atoms with Gasteiger partial charge in [0.05, 0.1) is 17.1 Å². The Morgan fingerprint density at radius 2 is 1.92 bits per heavy atom. The molecule has 0 N–H and O–H groups in total. The van der Waals surface area contributed by atoms with E-state index in [1.54, 1.807) is 0 Å². The Bertz CT molecular complexity index is 832. The van der Waals surface area contributed by atoms with E-state index in [2.05, 4.69) is 10.2 Å². The molecule has 0 radical (unpaired) electrons. The molecule has 0 amide bonds. The second-order valence-corrected chi connectivity index (χ2v) is 9.07. The van der Waals surface area contributed by atoms with Gasteiger partial charge in [0.15, 0.2) is 9.84 Å². The normalized spacial score (nSPS) is 20.0. The maximum Gasteiger partial charge on any atom is 0.416 e. The van der Waals surface area contributed by atoms with Crippen LogP contribution in [-0.4, -0.2) is 30.1 Å². The predicted molar refractivity (Wildman–Crippen MR) is 85.8 cm³/mol. The molecule has 0 spiro atoms. The van der Waals surface area contributed by atoms with Crippen LogP contribution in [-0.2, 0) is 28.2 Å². The van der Waals surface area contributed by atoms with E-state index in [1.165, 1.54) is 23.9 Å². The first-order valence-corrected chi connectivity index (χ1v) is 10.3. The number of hydrogen-bond donors (Lipinski definition) is 0. The summed E-state index contributed by atoms with van der Waals surface area (Å²) in [6.07, 6.45) is -3.33. The highest BCUT2D eigenvalue weighted by molar-refractivity contribution is 7.98. The van der Waals surface area contributed by atoms with E-state index in [-0.39, 0.29) is 17.4 Å². The van der Waals surface area contributed by atoms with Gasteiger partial charge in [0.25, 0.3) is 5.22 Å². The molecule has 0 unspecified atom stereocenters. The van der Waals surface area contributed by atoms with Crippen molar-refractivity contribution in [1.29, 1.82) is 0 Å². The van der Waals surface area contributed by atoms with Gasteiger partial charge < -0.3 is 4.42 Å². The molecule has 1 saturated heterocycles. The summed E-state index contributed by atoms with van der Waals surface area (Å²) in [4.78, 5) is 0. The van der Waals surface area contributed by atoms with Gasteiger partial charge >= 0.3 is 6.18 Å². The molecule has 0 aliphatic carbocycles. The number of benzene rings is 1. The Kier molecular flexibility index (Phi) is 5.10. The van der Waals surface area contributed by atoms with Crippen molar-refractivity contribution >= 4 is 21.6 Å². The second-order valence-electron chi connectivity index (χ2n) is 5.92. The molecule has 1 aromatic carbocycles. The number of alkyl halides is 3. The summed E-state index contributed by atoms with van der Waals surface area (Å²) in [6.45, 7) is 0. The zero-order chi connectivity index (χ0) is 18.1. The molecule has 3 rings (SSSR count). The Balaban J connectivity index is 1.53. The predicted octanol–water partition coefficient (Wildman–Crippen LogP) is 3.36. The summed E-state index contributed by atoms with van der Waals surface area (Å²) in [5.74, 6) is 1.12. The lowest BCUT2D eigenvalue weighted by molar-refractivity contribution is -0.137. The van der Waals surface area contributed by atoms with Crippen LogP contribution in [0.1, 0.15) is 23.4 Å². The molecule has 5 nitrogen and oxygen atoms in total. The zero-order valence-electron chi connectivity index (χ0n) is 13.0. The average Bonchev–Trinajstić information content (AvgIpc) is 3.11. The van der Waals surface area contributed by atoms with Gasteiger partial charge in [-0.3, -0.25) is 0 Å². The summed E-state index contributed by atoms with van der Waals surface area (Å²) in [5, 5.41) is 8.10. The van der Waals surface area contributed by atoms with Gasteiger partial charge in [0, 0.05) is 12.2 Å². The maximum absolute atomic E-state index is 12.5. The zero-order valence-corrected chi connectivity index (χ0v) is 14.6. The summed E-state index contributed by atoms with van der Waals surface area (Å²) < 4.78 is 65.9. The Morgan fingerprint density at radius 3 is 2.52 bits per heavy atom. The van der Waals surface area contributed by atoms with Crippen LogP contribution in [0.25, 0.3) is 0 Å². The highest BCUT2D eigenvalue weighted by Crippen LogP contribution is 2.30. The second kappa shape index (κ2) is 6.99. The molecule has 1 aliphatic heterocycles. The number of rotatable bonds is 5. The largest absolute Gasteiger partial charge is 0.416 e. The van der Waals surface area contributed by atoms with Crippen LogP contribution >= 0.6 is 11.8 Å². The van der Waals surface area contributed by atoms with E-state index in [9.17, 15) is 21.6 Å². The molecular formula is C15H15F3N2O3S2. The fourth-order valence-corrected chi connectivity index (χ4v) is 5.19. The van der Waals surface area contributed by atoms with Gasteiger partial charge in [-0.1, -0.05) is 23.9 Å². The van der Waals surface area contributed by atoms with Crippen LogP contribution in [0.4, 0.5) is 13.2 Å². The number of hydrogen-bond acceptors (Lipinski definition) is 6. The van der Waals surface area contributed by atoms with Gasteiger partial charge in [0.2, 0.25) is 5.89 Å². The average molecular weight is 392 g/mol. The van der Waals surface area contributed by atoms with Crippen molar-refractivity contribution in [1.82, 2.24) is 10.2 Å². The third-order valence-electron chi connectivity index (χ3n) is 3.88. The number of aromatic nitrogens is 2. The smallest absolute Gasteiger partial charge is 0.416 e. The lowest BCUT2D eigenvalue weighted by atomic mass is 10.1. The summed E-state index contributed by atoms with van der Waals surface area (Å²) in [5.41, 5.74) is 0.0208. The third kappa shape index (κ3) is 4.97. The number of halogens is 3. The lowest BCUT2D eigenvalue weighted by Gasteiger charge is -2.06. The highest BCUT2D eigenvalue weighted by atomic mass is 32.2. The van der Waals surface area contributed by atoms with Crippen molar-refractivity contribution in [3.63, 3.8) is 0 Å². The van der Waals surface area contributed by atoms with Crippen LogP contribution in [0.5, 0.6) is 0 Å². The molecule has 2 heterocycles. The van der Waals surface area contributed by atoms with Crippen molar-refractivity contribution in [3.05, 3.63) is 41.3 Å². The molecule has 1 aromatic heterocycles. The molecule has 2 aromatic rings. The van der Waals surface area contributed by atoms with Crippen LogP contribution < -0.4 is 0 Å². The fourth-order valence-electron chi connectivity index (χ4n) is 2.59. The van der Waals surface area contributed by atoms with E-state index in [1.807, 2.05) is 0 Å². The number of thioether (sulfide) groups is 1. The van der Waals surface area contributed by atoms with Crippen LogP contribution in [0, 0.1) is 5.92 Å². The third-order valence-corrected chi connectivity index (χ3v) is 6.61. The fraction of sp³-hybridized carbons (Fsp3) is 0.467. The van der Waals surface area contributed by atoms with E-state index >= 15 is 0 Å². The van der Waals surface area contributed by atoms with Gasteiger partial charge in [-0.2, -0.15) is 13.2 Å². The topological polar surface area (TPSA) is 73.1 Å². The molecule has 0 saturated carbocycles. The quantitative estimate of drug-likeness (QED) is 0.727. The minimum atomic E-state index is -4.35. The minimum Gasteiger partial charge on any atom is -0.416 e. The SMILES string of the molecule is O=S1(=O)CC[C@@H](Cc2nnc(SCc3ccc(C(F)(F)F)cc3)o2)C1. The van der Waals surface area contributed by atoms with Crippen molar-refractivity contribution in [2.24, 2.45) is 5.92 Å². The lowest BCUT2D eigenvalue weighted by Crippen LogP contribution is -2.07. The monoisotopic (exact) mass is 392 g/mol. The maximum atomic E-state index is 12.5. The molecule has 136 valence electrons. The Hall–Kier alpha value is -1.55. The number of sulfone groups is 1. The molecule has 0 bridgehead atoms. The van der Waals surface area contributed by atoms with E-state index in [0.29, 0.717) is 35.3 Å². The van der Waals surface area contributed by atoms with Gasteiger partial charge in [-0.25, -0.2) is 8.42 Å². The first-order chi connectivity index (χ1) is 11.7. The van der Waals surface area contributed by atoms with Crippen LogP contribution in [0.2, 0.25) is 0 Å². The van der Waals surface area contributed by atoms with Crippen molar-refractivity contribution in [3.8, 4) is 0 Å². The molecule has 25 heavy (non-hydrogen) atoms. The van der Waals surface area contributed by atoms with Crippen molar-refractivity contribution in [2.45, 2.75) is 30.0 Å². The molecule has 10 heteroatoms. The highest BCUT2D eigenvalue weighted by Gasteiger charge is 2.30. The summed E-state index contributed by atoms with van der Waals surface area (Å²) in [6, 6.07) is 4.90. The van der Waals surface area contributed by atoms with Gasteiger partial charge in [-0.05, 0) is 30.0 Å². The summed E-state index contributed by atoms with van der Waals surface area (Å²) in [7, 11) is -2.94. The minimum absolute atomic E-state index is 0.00165. The van der Waals surface area contributed by atoms with E-state index < -0.39 is 21.6 Å². The van der Waals surface area contributed by atoms with Crippen LogP contribution in [0.3, 0.4) is 0 Å². The van der Waals surface area contributed by atoms with Gasteiger partial charge in [0.1, 0.15) is 0 Å².